The van der Waals surface area contributed by atoms with Gasteiger partial charge in [-0.25, -0.2) is 9.97 Å². The van der Waals surface area contributed by atoms with E-state index in [4.69, 9.17) is 4.98 Å². The van der Waals surface area contributed by atoms with Crippen LogP contribution >= 0.6 is 11.3 Å². The third kappa shape index (κ3) is 5.00. The number of nitrogens with one attached hydrogen (secondary N) is 2. The van der Waals surface area contributed by atoms with Crippen molar-refractivity contribution in [3.05, 3.63) is 72.6 Å². The van der Waals surface area contributed by atoms with Gasteiger partial charge < -0.3 is 20.1 Å². The summed E-state index contributed by atoms with van der Waals surface area (Å²) in [6.07, 6.45) is 8.08. The molecule has 0 saturated carbocycles. The summed E-state index contributed by atoms with van der Waals surface area (Å²) in [5.41, 5.74) is 5.39. The fourth-order valence-corrected chi connectivity index (χ4v) is 4.74. The fraction of sp³-hybridized carbons (Fsp3) is 0.280. The van der Waals surface area contributed by atoms with Crippen molar-refractivity contribution in [2.75, 3.05) is 37.3 Å². The molecule has 1 saturated heterocycles. The lowest BCUT2D eigenvalue weighted by Gasteiger charge is -2.29. The van der Waals surface area contributed by atoms with Crippen molar-refractivity contribution in [1.82, 2.24) is 19.4 Å². The topological polar surface area (TPSA) is 58.0 Å². The molecular formula is C25H28N6S. The maximum atomic E-state index is 4.76. The Kier molecular flexibility index (Phi) is 6.18. The predicted molar refractivity (Wildman–Crippen MR) is 133 cm³/mol. The molecule has 7 heteroatoms. The van der Waals surface area contributed by atoms with Crippen molar-refractivity contribution < 1.29 is 0 Å². The highest BCUT2D eigenvalue weighted by Crippen LogP contribution is 2.28. The van der Waals surface area contributed by atoms with Gasteiger partial charge in [-0.3, -0.25) is 0 Å². The smallest absolute Gasteiger partial charge is 0.187 e. The van der Waals surface area contributed by atoms with Gasteiger partial charge >= 0.3 is 0 Å². The highest BCUT2D eigenvalue weighted by Gasteiger charge is 2.16. The zero-order valence-electron chi connectivity index (χ0n) is 18.2. The summed E-state index contributed by atoms with van der Waals surface area (Å²) in [5.74, 6) is 0.770. The zero-order valence-corrected chi connectivity index (χ0v) is 19.1. The molecule has 1 aliphatic heterocycles. The van der Waals surface area contributed by atoms with Gasteiger partial charge in [0.25, 0.3) is 0 Å². The molecule has 0 unspecified atom stereocenters. The first-order valence-corrected chi connectivity index (χ1v) is 11.9. The largest absolute Gasteiger partial charge is 0.385 e. The Bertz CT molecular complexity index is 1110. The molecule has 0 aliphatic carbocycles. The van der Waals surface area contributed by atoms with Crippen molar-refractivity contribution in [2.24, 2.45) is 5.92 Å². The van der Waals surface area contributed by atoms with Crippen LogP contribution in [-0.2, 0) is 0 Å². The lowest BCUT2D eigenvalue weighted by Crippen LogP contribution is -2.32. The van der Waals surface area contributed by atoms with E-state index in [2.05, 4.69) is 81.5 Å². The Hall–Kier alpha value is -3.16. The molecule has 2 aromatic carbocycles. The van der Waals surface area contributed by atoms with Gasteiger partial charge in [-0.2, -0.15) is 0 Å². The molecule has 1 fully saturated rings. The molecule has 2 N–H and O–H groups in total. The lowest BCUT2D eigenvalue weighted by atomic mass is 9.97. The number of benzene rings is 2. The van der Waals surface area contributed by atoms with Crippen LogP contribution in [0.5, 0.6) is 0 Å². The monoisotopic (exact) mass is 444 g/mol. The van der Waals surface area contributed by atoms with Crippen molar-refractivity contribution in [2.45, 2.75) is 12.8 Å². The Labute approximate surface area is 193 Å². The number of rotatable bonds is 7. The van der Waals surface area contributed by atoms with Gasteiger partial charge in [-0.15, -0.1) is 11.3 Å². The van der Waals surface area contributed by atoms with Crippen molar-refractivity contribution in [3.8, 4) is 16.9 Å². The Morgan fingerprint density at radius 3 is 2.47 bits per heavy atom. The quantitative estimate of drug-likeness (QED) is 0.395. The van der Waals surface area contributed by atoms with Gasteiger partial charge in [-0.05, 0) is 75.3 Å². The summed E-state index contributed by atoms with van der Waals surface area (Å²) < 4.78 is 1.99. The summed E-state index contributed by atoms with van der Waals surface area (Å²) in [7, 11) is 2.21. The van der Waals surface area contributed by atoms with E-state index < -0.39 is 0 Å². The number of likely N-dealkylation sites (tertiary alicyclic amines) is 1. The summed E-state index contributed by atoms with van der Waals surface area (Å²) >= 11 is 1.62. The van der Waals surface area contributed by atoms with E-state index >= 15 is 0 Å². The van der Waals surface area contributed by atoms with Gasteiger partial charge in [-0.1, -0.05) is 12.1 Å². The second-order valence-electron chi connectivity index (χ2n) is 8.38. The summed E-state index contributed by atoms with van der Waals surface area (Å²) in [5, 5.41) is 10.0. The van der Waals surface area contributed by atoms with E-state index in [0.29, 0.717) is 0 Å². The van der Waals surface area contributed by atoms with Gasteiger partial charge in [0, 0.05) is 46.9 Å². The van der Waals surface area contributed by atoms with Crippen molar-refractivity contribution in [1.29, 1.82) is 0 Å². The van der Waals surface area contributed by atoms with Crippen LogP contribution in [0.2, 0.25) is 0 Å². The van der Waals surface area contributed by atoms with E-state index in [0.717, 1.165) is 40.2 Å². The molecule has 0 bridgehead atoms. The molecule has 2 aromatic heterocycles. The van der Waals surface area contributed by atoms with E-state index in [1.165, 1.54) is 31.6 Å². The SMILES string of the molecule is CN1CCC(CNc2ccc(Nc3nc(-c4ccc(-n5ccnc5)cc4)cs3)cc2)CC1. The normalized spacial score (nSPS) is 15.0. The second kappa shape index (κ2) is 9.54. The number of imidazole rings is 1. The fourth-order valence-electron chi connectivity index (χ4n) is 4.00. The van der Waals surface area contributed by atoms with Crippen LogP contribution in [0.25, 0.3) is 16.9 Å². The van der Waals surface area contributed by atoms with E-state index in [1.54, 1.807) is 23.9 Å². The predicted octanol–water partition coefficient (Wildman–Crippen LogP) is 5.49. The Balaban J connectivity index is 1.16. The number of piperidine rings is 1. The van der Waals surface area contributed by atoms with Gasteiger partial charge in [0.1, 0.15) is 0 Å². The molecule has 6 nitrogen and oxygen atoms in total. The first kappa shape index (κ1) is 20.7. The highest BCUT2D eigenvalue weighted by atomic mass is 32.1. The minimum absolute atomic E-state index is 0.770. The standard InChI is InChI=1S/C25H28N6S/c1-30-13-10-19(11-14-30)16-27-21-4-6-22(7-5-21)28-25-29-24(17-32-25)20-2-8-23(9-3-20)31-15-12-26-18-31/h2-9,12,15,17-19,27H,10-11,13-14,16H2,1H3,(H,28,29). The number of nitrogens with zero attached hydrogens (tertiary/aromatic N) is 4. The number of hydrogen-bond donors (Lipinski definition) is 2. The van der Waals surface area contributed by atoms with Crippen LogP contribution in [0.15, 0.2) is 72.6 Å². The van der Waals surface area contributed by atoms with E-state index in [1.807, 2.05) is 10.8 Å². The Morgan fingerprint density at radius 2 is 1.75 bits per heavy atom. The molecule has 5 rings (SSSR count). The first-order valence-electron chi connectivity index (χ1n) is 11.1. The molecule has 32 heavy (non-hydrogen) atoms. The second-order valence-corrected chi connectivity index (χ2v) is 9.24. The van der Waals surface area contributed by atoms with Crippen molar-refractivity contribution >= 4 is 27.8 Å². The average molecular weight is 445 g/mol. The molecule has 1 aliphatic rings. The highest BCUT2D eigenvalue weighted by molar-refractivity contribution is 7.14. The molecule has 3 heterocycles. The van der Waals surface area contributed by atoms with Gasteiger partial charge in [0.05, 0.1) is 12.0 Å². The maximum Gasteiger partial charge on any atom is 0.187 e. The zero-order chi connectivity index (χ0) is 21.8. The van der Waals surface area contributed by atoms with Crippen LogP contribution in [0.1, 0.15) is 12.8 Å². The molecule has 0 radical (unpaired) electrons. The summed E-state index contributed by atoms with van der Waals surface area (Å²) in [6.45, 7) is 3.47. The third-order valence-corrected chi connectivity index (χ3v) is 6.80. The molecule has 4 aromatic rings. The number of aromatic nitrogens is 3. The summed E-state index contributed by atoms with van der Waals surface area (Å²) in [6, 6.07) is 16.9. The van der Waals surface area contributed by atoms with Crippen molar-refractivity contribution in [3.63, 3.8) is 0 Å². The number of thiazole rings is 1. The molecular weight excluding hydrogens is 416 g/mol. The number of hydrogen-bond acceptors (Lipinski definition) is 6. The molecule has 164 valence electrons. The minimum atomic E-state index is 0.770. The van der Waals surface area contributed by atoms with E-state index in [-0.39, 0.29) is 0 Å². The third-order valence-electron chi connectivity index (χ3n) is 6.04. The van der Waals surface area contributed by atoms with Crippen LogP contribution in [0.4, 0.5) is 16.5 Å². The minimum Gasteiger partial charge on any atom is -0.385 e. The Morgan fingerprint density at radius 1 is 1.00 bits per heavy atom. The average Bonchev–Trinajstić information content (AvgIpc) is 3.53. The lowest BCUT2D eigenvalue weighted by molar-refractivity contribution is 0.226. The summed E-state index contributed by atoms with van der Waals surface area (Å²) in [4.78, 5) is 11.3. The molecule has 0 atom stereocenters. The maximum absolute atomic E-state index is 4.76. The van der Waals surface area contributed by atoms with Crippen LogP contribution in [0, 0.1) is 5.92 Å². The van der Waals surface area contributed by atoms with Crippen LogP contribution in [-0.4, -0.2) is 46.1 Å². The van der Waals surface area contributed by atoms with Crippen LogP contribution < -0.4 is 10.6 Å². The molecule has 0 amide bonds. The molecule has 0 spiro atoms. The van der Waals surface area contributed by atoms with Gasteiger partial charge in [0.2, 0.25) is 0 Å². The first-order chi connectivity index (χ1) is 15.7. The van der Waals surface area contributed by atoms with Gasteiger partial charge in [0.15, 0.2) is 5.13 Å². The number of anilines is 3. The van der Waals surface area contributed by atoms with Crippen LogP contribution in [0.3, 0.4) is 0 Å². The van der Waals surface area contributed by atoms with E-state index in [9.17, 15) is 0 Å².